The summed E-state index contributed by atoms with van der Waals surface area (Å²) in [7, 11) is 0. The first kappa shape index (κ1) is 27.4. The highest BCUT2D eigenvalue weighted by Crippen LogP contribution is 2.40. The minimum Gasteiger partial charge on any atom is -0.478 e. The summed E-state index contributed by atoms with van der Waals surface area (Å²) in [5.74, 6) is -3.28. The van der Waals surface area contributed by atoms with Crippen LogP contribution in [0.25, 0.3) is 0 Å². The first-order valence-corrected chi connectivity index (χ1v) is 12.5. The summed E-state index contributed by atoms with van der Waals surface area (Å²) in [4.78, 5) is 70.1. The number of fused-ring (bicyclic) bond motifs is 1. The number of thioether (sulfide) groups is 1. The van der Waals surface area contributed by atoms with E-state index < -0.39 is 58.3 Å². The lowest BCUT2D eigenvalue weighted by atomic mass is 10.1. The minimum absolute atomic E-state index is 0.00891. The largest absolute Gasteiger partial charge is 0.478 e. The van der Waals surface area contributed by atoms with Crippen LogP contribution in [0.2, 0.25) is 4.34 Å². The van der Waals surface area contributed by atoms with Gasteiger partial charge in [-0.25, -0.2) is 14.6 Å². The van der Waals surface area contributed by atoms with Crippen molar-refractivity contribution in [2.45, 2.75) is 50.0 Å². The molecule has 2 aliphatic rings. The fourth-order valence-electron chi connectivity index (χ4n) is 3.15. The highest BCUT2D eigenvalue weighted by Gasteiger charge is 2.52. The Bertz CT molecular complexity index is 1160. The van der Waals surface area contributed by atoms with Crippen LogP contribution in [0.15, 0.2) is 16.9 Å². The van der Waals surface area contributed by atoms with E-state index >= 15 is 0 Å². The molecule has 2 aliphatic heterocycles. The maximum absolute atomic E-state index is 13.1. The molecule has 16 heteroatoms. The number of halogens is 1. The van der Waals surface area contributed by atoms with Gasteiger partial charge in [-0.2, -0.15) is 0 Å². The number of hydrogen-bond donors (Lipinski definition) is 3. The van der Waals surface area contributed by atoms with Crippen LogP contribution in [0.1, 0.15) is 33.4 Å². The van der Waals surface area contributed by atoms with E-state index in [1.807, 2.05) is 0 Å². The van der Waals surface area contributed by atoms with E-state index in [9.17, 15) is 29.1 Å². The molecule has 3 N–H and O–H groups in total. The summed E-state index contributed by atoms with van der Waals surface area (Å²) in [5.41, 5.74) is -1.29. The van der Waals surface area contributed by atoms with E-state index in [0.29, 0.717) is 6.41 Å². The Labute approximate surface area is 218 Å². The molecule has 3 amide bonds. The summed E-state index contributed by atoms with van der Waals surface area (Å²) in [6, 6.07) is -0.988. The number of hydrogen-bond acceptors (Lipinski definition) is 11. The zero-order chi connectivity index (χ0) is 26.8. The molecule has 2 unspecified atom stereocenters. The van der Waals surface area contributed by atoms with E-state index in [4.69, 9.17) is 21.2 Å². The molecule has 1 fully saturated rings. The Balaban J connectivity index is 1.80. The second kappa shape index (κ2) is 10.8. The molecule has 3 atom stereocenters. The van der Waals surface area contributed by atoms with Gasteiger partial charge >= 0.3 is 11.9 Å². The van der Waals surface area contributed by atoms with Crippen molar-refractivity contribution in [1.29, 1.82) is 0 Å². The van der Waals surface area contributed by atoms with Gasteiger partial charge < -0.3 is 30.2 Å². The molecule has 0 spiro atoms. The van der Waals surface area contributed by atoms with Gasteiger partial charge in [0.2, 0.25) is 13.0 Å². The summed E-state index contributed by atoms with van der Waals surface area (Å²) < 4.78 is 5.11. The number of carbonyl (C=O) groups excluding carboxylic acids is 4. The van der Waals surface area contributed by atoms with E-state index in [0.717, 1.165) is 11.3 Å². The number of carboxylic acid groups (broad SMARTS) is 1. The number of thiazole rings is 1. The predicted octanol–water partition coefficient (Wildman–Crippen LogP) is 1.18. The molecule has 0 radical (unpaired) electrons. The Morgan fingerprint density at radius 1 is 1.36 bits per heavy atom. The minimum atomic E-state index is -1.14. The number of esters is 1. The topological polar surface area (TPSA) is 177 Å². The molecule has 1 saturated heterocycles. The SMILES string of the molecule is CC1S[C@@H]2C(NC(=O)C(=NOCC(=O)OC(C)(C)C)c3nc(NC=O)sc3Cl)C(=O)N2C=C1C(=O)O. The summed E-state index contributed by atoms with van der Waals surface area (Å²) in [6.45, 7) is 6.06. The summed E-state index contributed by atoms with van der Waals surface area (Å²) >= 11 is 8.24. The fraction of sp³-hybridized carbons (Fsp3) is 0.450. The Morgan fingerprint density at radius 3 is 2.67 bits per heavy atom. The number of anilines is 1. The van der Waals surface area contributed by atoms with Gasteiger partial charge in [0, 0.05) is 11.4 Å². The van der Waals surface area contributed by atoms with Crippen molar-refractivity contribution in [3.8, 4) is 0 Å². The predicted molar refractivity (Wildman–Crippen MR) is 130 cm³/mol. The molecule has 3 rings (SSSR count). The number of carbonyl (C=O) groups is 5. The molecule has 1 aromatic rings. The molecule has 0 bridgehead atoms. The van der Waals surface area contributed by atoms with E-state index in [2.05, 4.69) is 20.8 Å². The first-order chi connectivity index (χ1) is 16.8. The Morgan fingerprint density at radius 2 is 2.06 bits per heavy atom. The van der Waals surface area contributed by atoms with Crippen LogP contribution in [0.3, 0.4) is 0 Å². The third-order valence-corrected chi connectivity index (χ3v) is 7.26. The molecule has 0 aromatic carbocycles. The Kier molecular flexibility index (Phi) is 8.26. The van der Waals surface area contributed by atoms with Gasteiger partial charge in [-0.15, -0.1) is 11.8 Å². The van der Waals surface area contributed by atoms with E-state index in [1.165, 1.54) is 22.9 Å². The number of carboxylic acids is 1. The van der Waals surface area contributed by atoms with Crippen molar-refractivity contribution in [2.75, 3.05) is 11.9 Å². The average molecular weight is 560 g/mol. The van der Waals surface area contributed by atoms with Crippen LogP contribution < -0.4 is 10.6 Å². The molecule has 13 nitrogen and oxygen atoms in total. The highest BCUT2D eigenvalue weighted by atomic mass is 35.5. The molecule has 0 aliphatic carbocycles. The molecule has 1 aromatic heterocycles. The highest BCUT2D eigenvalue weighted by molar-refractivity contribution is 8.00. The van der Waals surface area contributed by atoms with Crippen LogP contribution in [-0.2, 0) is 33.5 Å². The van der Waals surface area contributed by atoms with Crippen molar-refractivity contribution in [3.63, 3.8) is 0 Å². The van der Waals surface area contributed by atoms with Gasteiger partial charge in [-0.1, -0.05) is 28.1 Å². The van der Waals surface area contributed by atoms with Crippen molar-refractivity contribution in [2.24, 2.45) is 5.16 Å². The van der Waals surface area contributed by atoms with Gasteiger partial charge in [0.05, 0.1) is 5.57 Å². The Hall–Kier alpha value is -3.17. The standard InChI is InChI=1S/C20H22ClN5O8S2/c1-8-9(18(31)32)5-26-16(30)13(17(26)35-8)23-15(29)12(11-14(21)36-19(24-11)22-7-27)25-33-6-10(28)34-20(2,3)4/h5,7-8,13,17H,6H2,1-4H3,(H,23,29)(H,31,32)(H,22,24,27)/t8?,13?,17-/m1/s1. The van der Waals surface area contributed by atoms with Crippen molar-refractivity contribution >= 4 is 75.7 Å². The van der Waals surface area contributed by atoms with E-state index in [1.54, 1.807) is 27.7 Å². The quantitative estimate of drug-likeness (QED) is 0.131. The van der Waals surface area contributed by atoms with Crippen LogP contribution >= 0.6 is 34.7 Å². The molecular weight excluding hydrogens is 538 g/mol. The summed E-state index contributed by atoms with van der Waals surface area (Å²) in [6.07, 6.45) is 1.63. The van der Waals surface area contributed by atoms with E-state index in [-0.39, 0.29) is 20.7 Å². The lowest BCUT2D eigenvalue weighted by molar-refractivity contribution is -0.160. The third kappa shape index (κ3) is 6.14. The maximum atomic E-state index is 13.1. The van der Waals surface area contributed by atoms with Gasteiger partial charge in [0.1, 0.15) is 27.0 Å². The normalized spacial score (nSPS) is 21.5. The number of β-lactam (4-membered cyclic amide) rings is 1. The second-order valence-electron chi connectivity index (χ2n) is 8.46. The number of amides is 3. The smallest absolute Gasteiger partial charge is 0.347 e. The zero-order valence-electron chi connectivity index (χ0n) is 19.4. The van der Waals surface area contributed by atoms with Crippen molar-refractivity contribution < 1.29 is 38.7 Å². The number of nitrogens with one attached hydrogen (secondary N) is 2. The summed E-state index contributed by atoms with van der Waals surface area (Å²) in [5, 5.41) is 17.0. The van der Waals surface area contributed by atoms with Gasteiger partial charge in [0.25, 0.3) is 11.8 Å². The van der Waals surface area contributed by atoms with Crippen LogP contribution in [0.5, 0.6) is 0 Å². The van der Waals surface area contributed by atoms with Crippen molar-refractivity contribution in [3.05, 3.63) is 21.8 Å². The number of ether oxygens (including phenoxy) is 1. The van der Waals surface area contributed by atoms with Gasteiger partial charge in [-0.3, -0.25) is 14.4 Å². The monoisotopic (exact) mass is 559 g/mol. The lowest BCUT2D eigenvalue weighted by Crippen LogP contribution is -2.69. The first-order valence-electron chi connectivity index (χ1n) is 10.3. The van der Waals surface area contributed by atoms with Gasteiger partial charge in [-0.05, 0) is 27.7 Å². The molecular formula is C20H22ClN5O8S2. The van der Waals surface area contributed by atoms with Gasteiger partial charge in [0.15, 0.2) is 10.8 Å². The van der Waals surface area contributed by atoms with Crippen LogP contribution in [0, 0.1) is 0 Å². The maximum Gasteiger partial charge on any atom is 0.347 e. The van der Waals surface area contributed by atoms with Crippen LogP contribution in [0.4, 0.5) is 5.13 Å². The lowest BCUT2D eigenvalue weighted by Gasteiger charge is -2.48. The molecule has 0 saturated carbocycles. The number of nitrogens with zero attached hydrogens (tertiary/aromatic N) is 3. The number of oxime groups is 1. The fourth-order valence-corrected chi connectivity index (χ4v) is 5.52. The van der Waals surface area contributed by atoms with Crippen molar-refractivity contribution in [1.82, 2.24) is 15.2 Å². The zero-order valence-corrected chi connectivity index (χ0v) is 21.8. The molecule has 3 heterocycles. The molecule has 36 heavy (non-hydrogen) atoms. The number of aromatic nitrogens is 1. The third-order valence-electron chi connectivity index (χ3n) is 4.64. The van der Waals surface area contributed by atoms with Crippen LogP contribution in [-0.4, -0.2) is 79.7 Å². The second-order valence-corrected chi connectivity index (χ2v) is 11.5. The number of aliphatic carboxylic acids is 1. The molecule has 194 valence electrons. The number of rotatable bonds is 9. The average Bonchev–Trinajstić information content (AvgIpc) is 3.13.